The van der Waals surface area contributed by atoms with E-state index in [1.165, 1.54) is 47.1 Å². The van der Waals surface area contributed by atoms with Crippen molar-refractivity contribution in [2.45, 2.75) is 19.3 Å². The van der Waals surface area contributed by atoms with E-state index >= 15 is 0 Å². The normalized spacial score (nSPS) is 23.8. The summed E-state index contributed by atoms with van der Waals surface area (Å²) >= 11 is 0. The molecule has 1 fully saturated rings. The quantitative estimate of drug-likeness (QED) is 0.766. The lowest BCUT2D eigenvalue weighted by Gasteiger charge is -2.28. The van der Waals surface area contributed by atoms with E-state index in [4.69, 9.17) is 4.74 Å². The van der Waals surface area contributed by atoms with Crippen molar-refractivity contribution in [1.82, 2.24) is 0 Å². The Balaban J connectivity index is 1.95. The van der Waals surface area contributed by atoms with Gasteiger partial charge in [-0.1, -0.05) is 43.0 Å². The van der Waals surface area contributed by atoms with Gasteiger partial charge >= 0.3 is 0 Å². The molecule has 3 aliphatic rings. The Labute approximate surface area is 114 Å². The van der Waals surface area contributed by atoms with Gasteiger partial charge in [-0.2, -0.15) is 0 Å². The van der Waals surface area contributed by atoms with Crippen LogP contribution in [0.5, 0.6) is 0 Å². The SMILES string of the molecule is C=CC1=C(c2ccccc2)C2=C(COC2)CC12CC2. The summed E-state index contributed by atoms with van der Waals surface area (Å²) in [5.41, 5.74) is 7.54. The van der Waals surface area contributed by atoms with Gasteiger partial charge in [0, 0.05) is 0 Å². The molecule has 1 spiro atoms. The van der Waals surface area contributed by atoms with Gasteiger partial charge in [-0.3, -0.25) is 0 Å². The van der Waals surface area contributed by atoms with E-state index in [-0.39, 0.29) is 0 Å². The maximum absolute atomic E-state index is 5.71. The fourth-order valence-corrected chi connectivity index (χ4v) is 3.65. The van der Waals surface area contributed by atoms with Crippen molar-refractivity contribution in [3.63, 3.8) is 0 Å². The predicted octanol–water partition coefficient (Wildman–Crippen LogP) is 4.14. The summed E-state index contributed by atoms with van der Waals surface area (Å²) < 4.78 is 5.71. The Morgan fingerprint density at radius 1 is 1.11 bits per heavy atom. The molecule has 1 nitrogen and oxygen atoms in total. The molecule has 0 saturated heterocycles. The molecule has 0 amide bonds. The topological polar surface area (TPSA) is 9.23 Å². The molecule has 1 heterocycles. The number of hydrogen-bond acceptors (Lipinski definition) is 1. The minimum atomic E-state index is 0.388. The van der Waals surface area contributed by atoms with Crippen LogP contribution in [0.25, 0.3) is 5.57 Å². The lowest BCUT2D eigenvalue weighted by atomic mass is 9.75. The molecule has 96 valence electrons. The van der Waals surface area contributed by atoms with Crippen LogP contribution in [-0.2, 0) is 4.74 Å². The van der Waals surface area contributed by atoms with Crippen molar-refractivity contribution in [1.29, 1.82) is 0 Å². The molecule has 0 aromatic heterocycles. The maximum Gasteiger partial charge on any atom is 0.0727 e. The summed E-state index contributed by atoms with van der Waals surface area (Å²) in [6.45, 7) is 5.69. The fraction of sp³-hybridized carbons (Fsp3) is 0.333. The first-order valence-corrected chi connectivity index (χ1v) is 7.06. The minimum Gasteiger partial charge on any atom is -0.372 e. The molecule has 0 atom stereocenters. The van der Waals surface area contributed by atoms with Crippen molar-refractivity contribution in [3.05, 3.63) is 65.3 Å². The van der Waals surface area contributed by atoms with Crippen LogP contribution in [-0.4, -0.2) is 13.2 Å². The molecule has 1 aromatic carbocycles. The van der Waals surface area contributed by atoms with Gasteiger partial charge < -0.3 is 4.74 Å². The van der Waals surface area contributed by atoms with Gasteiger partial charge in [-0.15, -0.1) is 0 Å². The van der Waals surface area contributed by atoms with E-state index in [9.17, 15) is 0 Å². The van der Waals surface area contributed by atoms with Crippen LogP contribution >= 0.6 is 0 Å². The van der Waals surface area contributed by atoms with Crippen LogP contribution in [0.1, 0.15) is 24.8 Å². The number of hydrogen-bond donors (Lipinski definition) is 0. The molecule has 0 bridgehead atoms. The van der Waals surface area contributed by atoms with Crippen LogP contribution in [0.2, 0.25) is 0 Å². The lowest BCUT2D eigenvalue weighted by Crippen LogP contribution is -2.15. The average Bonchev–Trinajstić information content (AvgIpc) is 3.05. The van der Waals surface area contributed by atoms with Gasteiger partial charge in [0.25, 0.3) is 0 Å². The third-order valence-corrected chi connectivity index (χ3v) is 4.76. The summed E-state index contributed by atoms with van der Waals surface area (Å²) in [5.74, 6) is 0. The number of rotatable bonds is 2. The zero-order chi connectivity index (χ0) is 12.9. The molecule has 1 saturated carbocycles. The van der Waals surface area contributed by atoms with Crippen molar-refractivity contribution in [2.75, 3.05) is 13.2 Å². The number of allylic oxidation sites excluding steroid dienone is 2. The smallest absolute Gasteiger partial charge is 0.0727 e. The Kier molecular flexibility index (Phi) is 2.33. The first kappa shape index (κ1) is 11.2. The summed E-state index contributed by atoms with van der Waals surface area (Å²) in [6, 6.07) is 10.7. The zero-order valence-electron chi connectivity index (χ0n) is 11.1. The molecule has 1 aromatic rings. The van der Waals surface area contributed by atoms with Crippen LogP contribution in [0.4, 0.5) is 0 Å². The minimum absolute atomic E-state index is 0.388. The van der Waals surface area contributed by atoms with E-state index < -0.39 is 0 Å². The first-order chi connectivity index (χ1) is 9.34. The van der Waals surface area contributed by atoms with E-state index in [1.54, 1.807) is 0 Å². The highest BCUT2D eigenvalue weighted by molar-refractivity contribution is 5.87. The summed E-state index contributed by atoms with van der Waals surface area (Å²) in [6.07, 6.45) is 5.90. The second-order valence-corrected chi connectivity index (χ2v) is 5.89. The van der Waals surface area contributed by atoms with Crippen molar-refractivity contribution in [2.24, 2.45) is 5.41 Å². The van der Waals surface area contributed by atoms with Crippen LogP contribution < -0.4 is 0 Å². The maximum atomic E-state index is 5.71. The molecule has 2 aliphatic carbocycles. The van der Waals surface area contributed by atoms with E-state index in [0.717, 1.165) is 13.2 Å². The Bertz CT molecular complexity index is 600. The fourth-order valence-electron chi connectivity index (χ4n) is 3.65. The van der Waals surface area contributed by atoms with Crippen molar-refractivity contribution < 1.29 is 4.74 Å². The van der Waals surface area contributed by atoms with Gasteiger partial charge in [0.15, 0.2) is 0 Å². The van der Waals surface area contributed by atoms with E-state index in [1.807, 2.05) is 0 Å². The zero-order valence-corrected chi connectivity index (χ0v) is 11.1. The highest BCUT2D eigenvalue weighted by Gasteiger charge is 2.50. The van der Waals surface area contributed by atoms with E-state index in [2.05, 4.69) is 43.0 Å². The summed E-state index contributed by atoms with van der Waals surface area (Å²) in [5, 5.41) is 0. The predicted molar refractivity (Wildman–Crippen MR) is 77.7 cm³/mol. The number of ether oxygens (including phenoxy) is 1. The molecule has 1 aliphatic heterocycles. The second-order valence-electron chi connectivity index (χ2n) is 5.89. The van der Waals surface area contributed by atoms with Crippen molar-refractivity contribution >= 4 is 5.57 Å². The Morgan fingerprint density at radius 3 is 2.58 bits per heavy atom. The first-order valence-electron chi connectivity index (χ1n) is 7.06. The third kappa shape index (κ3) is 1.58. The summed E-state index contributed by atoms with van der Waals surface area (Å²) in [4.78, 5) is 0. The Morgan fingerprint density at radius 2 is 1.89 bits per heavy atom. The molecular weight excluding hydrogens is 232 g/mol. The van der Waals surface area contributed by atoms with Crippen molar-refractivity contribution in [3.8, 4) is 0 Å². The van der Waals surface area contributed by atoms with Gasteiger partial charge in [-0.05, 0) is 52.5 Å². The molecule has 1 heteroatoms. The average molecular weight is 250 g/mol. The van der Waals surface area contributed by atoms with Gasteiger partial charge in [-0.25, -0.2) is 0 Å². The highest BCUT2D eigenvalue weighted by Crippen LogP contribution is 2.62. The molecular formula is C18H18O. The van der Waals surface area contributed by atoms with Crippen LogP contribution in [0, 0.1) is 5.41 Å². The van der Waals surface area contributed by atoms with Gasteiger partial charge in [0.1, 0.15) is 0 Å². The van der Waals surface area contributed by atoms with Gasteiger partial charge in [0.2, 0.25) is 0 Å². The third-order valence-electron chi connectivity index (χ3n) is 4.76. The molecule has 0 radical (unpaired) electrons. The second kappa shape index (κ2) is 3.94. The summed E-state index contributed by atoms with van der Waals surface area (Å²) in [7, 11) is 0. The van der Waals surface area contributed by atoms with Crippen LogP contribution in [0.15, 0.2) is 59.7 Å². The highest BCUT2D eigenvalue weighted by atomic mass is 16.5. The Hall–Kier alpha value is -1.60. The molecule has 0 N–H and O–H groups in total. The molecule has 4 rings (SSSR count). The standard InChI is InChI=1S/C18H18O/c1-2-16-17(13-6-4-3-5-7-13)15-12-19-11-14(15)10-18(16)8-9-18/h2-7H,1,8-12H2. The van der Waals surface area contributed by atoms with Crippen LogP contribution in [0.3, 0.4) is 0 Å². The molecule has 19 heavy (non-hydrogen) atoms. The lowest BCUT2D eigenvalue weighted by molar-refractivity contribution is 0.204. The van der Waals surface area contributed by atoms with Gasteiger partial charge in [0.05, 0.1) is 13.2 Å². The number of benzene rings is 1. The largest absolute Gasteiger partial charge is 0.372 e. The van der Waals surface area contributed by atoms with E-state index in [0.29, 0.717) is 5.41 Å². The monoisotopic (exact) mass is 250 g/mol. The molecule has 0 unspecified atom stereocenters.